The SMILES string of the molecule is CCCCNc1nc(Cl)nc2c1CN(C(=O)OC(C)(C)C)CC2C. The number of aromatic nitrogens is 2. The molecule has 134 valence electrons. The van der Waals surface area contributed by atoms with E-state index in [1.807, 2.05) is 27.7 Å². The summed E-state index contributed by atoms with van der Waals surface area (Å²) in [6, 6.07) is 0. The van der Waals surface area contributed by atoms with Gasteiger partial charge in [-0.3, -0.25) is 0 Å². The maximum atomic E-state index is 12.4. The van der Waals surface area contributed by atoms with Crippen LogP contribution in [-0.2, 0) is 11.3 Å². The van der Waals surface area contributed by atoms with Crippen LogP contribution in [0.1, 0.15) is 64.6 Å². The number of unbranched alkanes of at least 4 members (excludes halogenated alkanes) is 1. The van der Waals surface area contributed by atoms with E-state index in [1.165, 1.54) is 0 Å². The molecule has 0 bridgehead atoms. The van der Waals surface area contributed by atoms with Crippen LogP contribution in [0.25, 0.3) is 0 Å². The van der Waals surface area contributed by atoms with Crippen LogP contribution in [0.15, 0.2) is 0 Å². The fourth-order valence-electron chi connectivity index (χ4n) is 2.70. The van der Waals surface area contributed by atoms with Gasteiger partial charge in [0.05, 0.1) is 12.2 Å². The third kappa shape index (κ3) is 4.72. The van der Waals surface area contributed by atoms with E-state index in [2.05, 4.69) is 22.2 Å². The maximum Gasteiger partial charge on any atom is 0.410 e. The second kappa shape index (κ2) is 7.55. The second-order valence-corrected chi connectivity index (χ2v) is 7.59. The standard InChI is InChI=1S/C17H27ClN4O2/c1-6-7-8-19-14-12-10-22(16(23)24-17(3,4)5)9-11(2)13(12)20-15(18)21-14/h11H,6-10H2,1-5H3,(H,19,20,21). The first-order chi connectivity index (χ1) is 11.2. The van der Waals surface area contributed by atoms with Gasteiger partial charge in [0.1, 0.15) is 11.4 Å². The molecule has 24 heavy (non-hydrogen) atoms. The summed E-state index contributed by atoms with van der Waals surface area (Å²) in [5.41, 5.74) is 1.33. The van der Waals surface area contributed by atoms with Crippen LogP contribution in [0.3, 0.4) is 0 Å². The Balaban J connectivity index is 2.25. The number of halogens is 1. The first-order valence-electron chi connectivity index (χ1n) is 8.49. The third-order valence-corrected chi connectivity index (χ3v) is 3.97. The summed E-state index contributed by atoms with van der Waals surface area (Å²) < 4.78 is 5.50. The fourth-order valence-corrected chi connectivity index (χ4v) is 2.88. The Morgan fingerprint density at radius 2 is 2.12 bits per heavy atom. The molecule has 1 N–H and O–H groups in total. The third-order valence-electron chi connectivity index (χ3n) is 3.80. The van der Waals surface area contributed by atoms with Crippen LogP contribution in [0.5, 0.6) is 0 Å². The van der Waals surface area contributed by atoms with Crippen molar-refractivity contribution in [3.63, 3.8) is 0 Å². The molecule has 1 unspecified atom stereocenters. The molecular formula is C17H27ClN4O2. The number of rotatable bonds is 4. The lowest BCUT2D eigenvalue weighted by Gasteiger charge is -2.34. The summed E-state index contributed by atoms with van der Waals surface area (Å²) in [5.74, 6) is 0.798. The van der Waals surface area contributed by atoms with Crippen molar-refractivity contribution in [3.8, 4) is 0 Å². The van der Waals surface area contributed by atoms with Crippen molar-refractivity contribution < 1.29 is 9.53 Å². The van der Waals surface area contributed by atoms with Crippen LogP contribution < -0.4 is 5.32 Å². The average molecular weight is 355 g/mol. The number of hydrogen-bond acceptors (Lipinski definition) is 5. The van der Waals surface area contributed by atoms with Crippen molar-refractivity contribution >= 4 is 23.5 Å². The summed E-state index contributed by atoms with van der Waals surface area (Å²) >= 11 is 6.08. The van der Waals surface area contributed by atoms with E-state index in [0.29, 0.717) is 13.1 Å². The Morgan fingerprint density at radius 1 is 1.42 bits per heavy atom. The van der Waals surface area contributed by atoms with Crippen molar-refractivity contribution in [2.24, 2.45) is 0 Å². The topological polar surface area (TPSA) is 67.4 Å². The highest BCUT2D eigenvalue weighted by atomic mass is 35.5. The van der Waals surface area contributed by atoms with Crippen LogP contribution in [0, 0.1) is 0 Å². The van der Waals surface area contributed by atoms with Gasteiger partial charge in [-0.25, -0.2) is 14.8 Å². The van der Waals surface area contributed by atoms with Crippen molar-refractivity contribution in [2.45, 2.75) is 65.5 Å². The molecule has 2 heterocycles. The molecule has 1 atom stereocenters. The van der Waals surface area contributed by atoms with Gasteiger partial charge in [0.2, 0.25) is 5.28 Å². The number of fused-ring (bicyclic) bond motifs is 1. The molecule has 2 rings (SSSR count). The van der Waals surface area contributed by atoms with E-state index in [1.54, 1.807) is 4.90 Å². The van der Waals surface area contributed by atoms with E-state index in [9.17, 15) is 4.79 Å². The molecule has 6 nitrogen and oxygen atoms in total. The molecule has 0 spiro atoms. The zero-order valence-corrected chi connectivity index (χ0v) is 15.9. The molecule has 1 aliphatic rings. The Kier molecular flexibility index (Phi) is 5.91. The minimum absolute atomic E-state index is 0.0773. The van der Waals surface area contributed by atoms with Crippen LogP contribution in [0.4, 0.5) is 10.6 Å². The van der Waals surface area contributed by atoms with E-state index in [-0.39, 0.29) is 17.3 Å². The number of carbonyl (C=O) groups excluding carboxylic acids is 1. The van der Waals surface area contributed by atoms with Gasteiger partial charge in [0, 0.05) is 24.6 Å². The Labute approximate surface area is 148 Å². The molecule has 1 aliphatic heterocycles. The summed E-state index contributed by atoms with van der Waals surface area (Å²) in [6.07, 6.45) is 1.82. The predicted octanol–water partition coefficient (Wildman–Crippen LogP) is 4.20. The summed E-state index contributed by atoms with van der Waals surface area (Å²) in [4.78, 5) is 22.8. The summed E-state index contributed by atoms with van der Waals surface area (Å²) in [7, 11) is 0. The maximum absolute atomic E-state index is 12.4. The van der Waals surface area contributed by atoms with E-state index >= 15 is 0 Å². The number of anilines is 1. The molecule has 7 heteroatoms. The number of hydrogen-bond donors (Lipinski definition) is 1. The number of nitrogens with one attached hydrogen (secondary N) is 1. The Bertz CT molecular complexity index is 601. The normalized spacial score (nSPS) is 17.4. The minimum atomic E-state index is -0.515. The fraction of sp³-hybridized carbons (Fsp3) is 0.706. The molecule has 0 radical (unpaired) electrons. The van der Waals surface area contributed by atoms with Crippen molar-refractivity contribution in [2.75, 3.05) is 18.4 Å². The molecule has 0 saturated carbocycles. The zero-order valence-electron chi connectivity index (χ0n) is 15.1. The molecule has 0 fully saturated rings. The Morgan fingerprint density at radius 3 is 2.75 bits per heavy atom. The van der Waals surface area contributed by atoms with Gasteiger partial charge in [0.15, 0.2) is 0 Å². The zero-order chi connectivity index (χ0) is 17.9. The lowest BCUT2D eigenvalue weighted by Crippen LogP contribution is -2.41. The van der Waals surface area contributed by atoms with E-state index < -0.39 is 5.60 Å². The van der Waals surface area contributed by atoms with Crippen molar-refractivity contribution in [1.82, 2.24) is 14.9 Å². The predicted molar refractivity (Wildman–Crippen MR) is 95.5 cm³/mol. The molecule has 1 amide bonds. The molecule has 0 saturated heterocycles. The highest BCUT2D eigenvalue weighted by Gasteiger charge is 2.32. The largest absolute Gasteiger partial charge is 0.444 e. The highest BCUT2D eigenvalue weighted by Crippen LogP contribution is 2.32. The van der Waals surface area contributed by atoms with E-state index in [0.717, 1.165) is 36.5 Å². The van der Waals surface area contributed by atoms with Gasteiger partial charge in [-0.15, -0.1) is 0 Å². The van der Waals surface area contributed by atoms with Crippen LogP contribution in [-0.4, -0.2) is 39.7 Å². The second-order valence-electron chi connectivity index (χ2n) is 7.25. The van der Waals surface area contributed by atoms with Crippen molar-refractivity contribution in [1.29, 1.82) is 0 Å². The molecule has 0 aromatic carbocycles. The summed E-state index contributed by atoms with van der Waals surface area (Å²) in [5, 5.41) is 3.57. The molecular weight excluding hydrogens is 328 g/mol. The van der Waals surface area contributed by atoms with Gasteiger partial charge >= 0.3 is 6.09 Å². The van der Waals surface area contributed by atoms with Crippen molar-refractivity contribution in [3.05, 3.63) is 16.5 Å². The van der Waals surface area contributed by atoms with Crippen LogP contribution >= 0.6 is 11.6 Å². The number of ether oxygens (including phenoxy) is 1. The number of nitrogens with zero attached hydrogens (tertiary/aromatic N) is 3. The first kappa shape index (κ1) is 18.8. The van der Waals surface area contributed by atoms with Gasteiger partial charge in [0.25, 0.3) is 0 Å². The average Bonchev–Trinajstić information content (AvgIpc) is 2.46. The number of amides is 1. The van der Waals surface area contributed by atoms with Gasteiger partial charge in [-0.05, 0) is 38.8 Å². The van der Waals surface area contributed by atoms with Crippen LogP contribution in [0.2, 0.25) is 5.28 Å². The smallest absolute Gasteiger partial charge is 0.410 e. The first-order valence-corrected chi connectivity index (χ1v) is 8.87. The van der Waals surface area contributed by atoms with E-state index in [4.69, 9.17) is 16.3 Å². The summed E-state index contributed by atoms with van der Waals surface area (Å²) in [6.45, 7) is 11.6. The molecule has 1 aromatic heterocycles. The molecule has 1 aromatic rings. The molecule has 0 aliphatic carbocycles. The lowest BCUT2D eigenvalue weighted by molar-refractivity contribution is 0.0207. The minimum Gasteiger partial charge on any atom is -0.444 e. The highest BCUT2D eigenvalue weighted by molar-refractivity contribution is 6.28. The van der Waals surface area contributed by atoms with Gasteiger partial charge < -0.3 is 15.0 Å². The Hall–Kier alpha value is -1.56. The quantitative estimate of drug-likeness (QED) is 0.648. The van der Waals surface area contributed by atoms with Gasteiger partial charge in [-0.2, -0.15) is 0 Å². The number of carbonyl (C=O) groups is 1. The van der Waals surface area contributed by atoms with Gasteiger partial charge in [-0.1, -0.05) is 20.3 Å². The monoisotopic (exact) mass is 354 g/mol. The lowest BCUT2D eigenvalue weighted by atomic mass is 9.97.